The monoisotopic (exact) mass is 732 g/mol. The van der Waals surface area contributed by atoms with Crippen LogP contribution in [0.4, 0.5) is 9.59 Å². The van der Waals surface area contributed by atoms with E-state index in [2.05, 4.69) is 74.9 Å². The van der Waals surface area contributed by atoms with Gasteiger partial charge in [0, 0.05) is 35.9 Å². The van der Waals surface area contributed by atoms with Crippen molar-refractivity contribution in [1.29, 1.82) is 0 Å². The number of nitrogens with one attached hydrogen (secondary N) is 3. The fraction of sp³-hybridized carbons (Fsp3) is 0.658. The number of carbonyl (C=O) groups is 5. The number of hydrogen-bond acceptors (Lipinski definition) is 8. The number of ketones is 1. The Hall–Kier alpha value is -2.99. The number of unbranched alkanes of at least 4 members (excludes halogenated alkanes) is 1. The van der Waals surface area contributed by atoms with Gasteiger partial charge in [-0.25, -0.2) is 14.5 Å². The second kappa shape index (κ2) is 23.5. The van der Waals surface area contributed by atoms with Gasteiger partial charge in [-0.05, 0) is 92.9 Å². The number of urea groups is 1. The summed E-state index contributed by atoms with van der Waals surface area (Å²) in [6, 6.07) is -1.80. The van der Waals surface area contributed by atoms with Crippen molar-refractivity contribution in [3.8, 4) is 0 Å². The topological polar surface area (TPSA) is 134 Å². The highest BCUT2D eigenvalue weighted by Crippen LogP contribution is 2.37. The minimum absolute atomic E-state index is 0.166. The van der Waals surface area contributed by atoms with E-state index in [-0.39, 0.29) is 29.0 Å². The first-order valence-electron chi connectivity index (χ1n) is 17.9. The van der Waals surface area contributed by atoms with Crippen molar-refractivity contribution in [2.45, 2.75) is 136 Å². The van der Waals surface area contributed by atoms with Crippen LogP contribution in [-0.2, 0) is 19.1 Å². The molecule has 280 valence electrons. The molecule has 2 aliphatic rings. The van der Waals surface area contributed by atoms with Crippen LogP contribution in [0.2, 0.25) is 0 Å². The van der Waals surface area contributed by atoms with Crippen molar-refractivity contribution in [2.24, 2.45) is 0 Å². The molecule has 0 saturated carbocycles. The smallest absolute Gasteiger partial charge is 0.420 e. The highest BCUT2D eigenvalue weighted by atomic mass is 32.2. The molecule has 0 spiro atoms. The van der Waals surface area contributed by atoms with Gasteiger partial charge < -0.3 is 25.5 Å². The Bertz CT molecular complexity index is 1290. The molecule has 2 heterocycles. The average molecular weight is 733 g/mol. The molecule has 0 aromatic heterocycles. The molecular formula is C38H60N4O6S2. The Morgan fingerprint density at radius 3 is 2.12 bits per heavy atom. The number of hydrogen-bond donors (Lipinski definition) is 3. The zero-order valence-corrected chi connectivity index (χ0v) is 32.9. The number of ether oxygens (including phenoxy) is 1. The van der Waals surface area contributed by atoms with Crippen molar-refractivity contribution >= 4 is 53.2 Å². The van der Waals surface area contributed by atoms with E-state index in [0.717, 1.165) is 62.7 Å². The molecule has 2 fully saturated rings. The van der Waals surface area contributed by atoms with Crippen molar-refractivity contribution in [3.63, 3.8) is 0 Å². The number of fused-ring (bicyclic) bond motifs is 1. The lowest BCUT2D eigenvalue weighted by molar-refractivity contribution is -0.128. The third kappa shape index (κ3) is 16.8. The molecule has 0 aromatic rings. The summed E-state index contributed by atoms with van der Waals surface area (Å²) in [6.45, 7) is 13.3. The fourth-order valence-electron chi connectivity index (χ4n) is 5.83. The first kappa shape index (κ1) is 43.2. The second-order valence-electron chi connectivity index (χ2n) is 13.7. The zero-order valence-electron chi connectivity index (χ0n) is 31.2. The van der Waals surface area contributed by atoms with Crippen molar-refractivity contribution < 1.29 is 28.7 Å². The predicted octanol–water partition coefficient (Wildman–Crippen LogP) is 7.61. The molecule has 10 nitrogen and oxygen atoms in total. The largest absolute Gasteiger partial charge is 0.428 e. The number of carbonyl (C=O) groups excluding carboxylic acids is 5. The van der Waals surface area contributed by atoms with Crippen LogP contribution in [0.3, 0.4) is 0 Å². The zero-order chi connectivity index (χ0) is 37.1. The molecule has 0 bridgehead atoms. The average Bonchev–Trinajstić information content (AvgIpc) is 3.57. The summed E-state index contributed by atoms with van der Waals surface area (Å²) in [5.74, 6) is 1.02. The maximum Gasteiger partial charge on any atom is 0.420 e. The number of nitrogens with zero attached hydrogens (tertiary/aromatic N) is 1. The summed E-state index contributed by atoms with van der Waals surface area (Å²) in [7, 11) is 0. The first-order chi connectivity index (χ1) is 23.8. The maximum atomic E-state index is 12.9. The van der Waals surface area contributed by atoms with Crippen LogP contribution in [0, 0.1) is 0 Å². The SMILES string of the molecule is CC(=O)CCCCC1SCC2C1NC(=O)N2C(=O)OCNC(=O)[C@@H](CSC/C=C(\C)CC/C=C(\C)CC/C=C(\C)CCC=C(C)C)NC(C)=O. The minimum Gasteiger partial charge on any atom is -0.428 e. The first-order valence-corrected chi connectivity index (χ1v) is 20.1. The van der Waals surface area contributed by atoms with E-state index in [4.69, 9.17) is 4.74 Å². The summed E-state index contributed by atoms with van der Waals surface area (Å²) >= 11 is 3.24. The number of Topliss-reactive ketones (excluding diaryl/α,β-unsaturated/α-hetero) is 1. The van der Waals surface area contributed by atoms with E-state index < -0.39 is 30.8 Å². The van der Waals surface area contributed by atoms with E-state index in [1.165, 1.54) is 41.0 Å². The van der Waals surface area contributed by atoms with Gasteiger partial charge in [-0.15, -0.1) is 0 Å². The Morgan fingerprint density at radius 1 is 0.900 bits per heavy atom. The molecule has 2 saturated heterocycles. The lowest BCUT2D eigenvalue weighted by atomic mass is 10.0. The molecule has 0 radical (unpaired) electrons. The van der Waals surface area contributed by atoms with Gasteiger partial charge in [0.1, 0.15) is 11.8 Å². The molecule has 3 N–H and O–H groups in total. The van der Waals surface area contributed by atoms with Gasteiger partial charge in [-0.3, -0.25) is 9.59 Å². The normalized spacial score (nSPS) is 19.8. The molecule has 4 atom stereocenters. The van der Waals surface area contributed by atoms with Gasteiger partial charge >= 0.3 is 12.1 Å². The fourth-order valence-corrected chi connectivity index (χ4v) is 8.43. The summed E-state index contributed by atoms with van der Waals surface area (Å²) in [6.07, 6.45) is 17.7. The Kier molecular flexibility index (Phi) is 20.3. The molecule has 2 aliphatic heterocycles. The lowest BCUT2D eigenvalue weighted by Gasteiger charge is -2.21. The van der Waals surface area contributed by atoms with Crippen LogP contribution >= 0.6 is 23.5 Å². The van der Waals surface area contributed by atoms with E-state index in [1.54, 1.807) is 18.7 Å². The van der Waals surface area contributed by atoms with Gasteiger partial charge in [-0.2, -0.15) is 23.5 Å². The lowest BCUT2D eigenvalue weighted by Crippen LogP contribution is -2.49. The van der Waals surface area contributed by atoms with E-state index in [1.807, 2.05) is 0 Å². The maximum absolute atomic E-state index is 12.9. The van der Waals surface area contributed by atoms with Gasteiger partial charge in [0.15, 0.2) is 6.73 Å². The molecule has 0 aliphatic carbocycles. The second-order valence-corrected chi connectivity index (χ2v) is 16.0. The Labute approximate surface area is 308 Å². The van der Waals surface area contributed by atoms with Crippen molar-refractivity contribution in [1.82, 2.24) is 20.9 Å². The van der Waals surface area contributed by atoms with Gasteiger partial charge in [0.25, 0.3) is 0 Å². The van der Waals surface area contributed by atoms with Crippen LogP contribution in [0.15, 0.2) is 46.6 Å². The predicted molar refractivity (Wildman–Crippen MR) is 206 cm³/mol. The third-order valence-corrected chi connectivity index (χ3v) is 11.2. The van der Waals surface area contributed by atoms with Gasteiger partial charge in [0.05, 0.1) is 12.1 Å². The minimum atomic E-state index is -0.818. The number of amides is 5. The van der Waals surface area contributed by atoms with Crippen molar-refractivity contribution in [2.75, 3.05) is 24.0 Å². The molecule has 50 heavy (non-hydrogen) atoms. The van der Waals surface area contributed by atoms with Crippen LogP contribution in [0.5, 0.6) is 0 Å². The Morgan fingerprint density at radius 2 is 1.52 bits per heavy atom. The number of rotatable bonds is 22. The number of imide groups is 1. The highest BCUT2D eigenvalue weighted by molar-refractivity contribution is 8.00. The third-order valence-electron chi connectivity index (χ3n) is 8.73. The summed E-state index contributed by atoms with van der Waals surface area (Å²) in [5, 5.41) is 8.31. The highest BCUT2D eigenvalue weighted by Gasteiger charge is 2.51. The van der Waals surface area contributed by atoms with E-state index >= 15 is 0 Å². The van der Waals surface area contributed by atoms with Crippen LogP contribution < -0.4 is 16.0 Å². The molecule has 3 unspecified atom stereocenters. The number of allylic oxidation sites excluding steroid dienone is 7. The standard InChI is InChI=1S/C38H60N4O6S2/c1-26(2)13-10-14-27(3)15-11-16-28(4)17-12-18-29(5)21-22-49-23-32(40-31(7)44)36(45)39-25-48-38(47)42-33-24-50-34(35(33)41-37(42)46)20-9-8-19-30(6)43/h13,15,17,21,32-35H,8-12,14,16,18-20,22-25H2,1-7H3,(H,39,45)(H,40,44)(H,41,46)/b27-15+,28-17+,29-21+/t32-,33?,34?,35?/m1/s1. The van der Waals surface area contributed by atoms with Crippen LogP contribution in [-0.4, -0.2) is 82.0 Å². The molecule has 0 aromatic carbocycles. The van der Waals surface area contributed by atoms with E-state index in [9.17, 15) is 24.0 Å². The number of thioether (sulfide) groups is 2. The van der Waals surface area contributed by atoms with E-state index in [0.29, 0.717) is 23.7 Å². The van der Waals surface area contributed by atoms with Crippen molar-refractivity contribution in [3.05, 3.63) is 46.6 Å². The summed E-state index contributed by atoms with van der Waals surface area (Å²) < 4.78 is 5.26. The molecule has 12 heteroatoms. The molecular weight excluding hydrogens is 673 g/mol. The quantitative estimate of drug-likeness (QED) is 0.0449. The molecule has 5 amide bonds. The molecule has 2 rings (SSSR count). The summed E-state index contributed by atoms with van der Waals surface area (Å²) in [5.41, 5.74) is 5.50. The van der Waals surface area contributed by atoms with Gasteiger partial charge in [0.2, 0.25) is 11.8 Å². The summed E-state index contributed by atoms with van der Waals surface area (Å²) in [4.78, 5) is 62.4. The van der Waals surface area contributed by atoms with Crippen LogP contribution in [0.25, 0.3) is 0 Å². The Balaban J connectivity index is 1.71. The van der Waals surface area contributed by atoms with Gasteiger partial charge in [-0.1, -0.05) is 53.0 Å². The van der Waals surface area contributed by atoms with Crippen LogP contribution in [0.1, 0.15) is 113 Å².